The van der Waals surface area contributed by atoms with Gasteiger partial charge in [0.1, 0.15) is 0 Å². The molecule has 0 aliphatic carbocycles. The molecule has 4 rings (SSSR count). The Morgan fingerprint density at radius 1 is 0.920 bits per heavy atom. The summed E-state index contributed by atoms with van der Waals surface area (Å²) >= 11 is 0. The van der Waals surface area contributed by atoms with E-state index in [1.54, 1.807) is 12.1 Å². The van der Waals surface area contributed by atoms with Crippen LogP contribution in [0.15, 0.2) is 85.2 Å². The molecule has 0 radical (unpaired) electrons. The molecule has 0 fully saturated rings. The van der Waals surface area contributed by atoms with Crippen LogP contribution < -0.4 is 5.32 Å². The molecule has 4 heteroatoms. The van der Waals surface area contributed by atoms with Crippen LogP contribution in [0.3, 0.4) is 0 Å². The SMILES string of the molecule is O=C(Nc1ccc2c(c1)ncn2Cc1ccccc1)c1ccccc1. The highest BCUT2D eigenvalue weighted by Crippen LogP contribution is 2.20. The predicted octanol–water partition coefficient (Wildman–Crippen LogP) is 4.34. The lowest BCUT2D eigenvalue weighted by Crippen LogP contribution is -2.11. The van der Waals surface area contributed by atoms with E-state index in [1.807, 2.05) is 60.9 Å². The van der Waals surface area contributed by atoms with Gasteiger partial charge < -0.3 is 9.88 Å². The van der Waals surface area contributed by atoms with Crippen molar-refractivity contribution in [1.29, 1.82) is 0 Å². The number of hydrogen-bond acceptors (Lipinski definition) is 2. The van der Waals surface area contributed by atoms with Gasteiger partial charge in [-0.2, -0.15) is 0 Å². The monoisotopic (exact) mass is 327 g/mol. The topological polar surface area (TPSA) is 46.9 Å². The molecule has 0 saturated heterocycles. The molecule has 122 valence electrons. The predicted molar refractivity (Wildman–Crippen MR) is 99.7 cm³/mol. The van der Waals surface area contributed by atoms with Crippen LogP contribution in [-0.4, -0.2) is 15.5 Å². The molecule has 0 aliphatic rings. The molecule has 0 atom stereocenters. The van der Waals surface area contributed by atoms with Crippen LogP contribution in [0.25, 0.3) is 11.0 Å². The summed E-state index contributed by atoms with van der Waals surface area (Å²) in [6.45, 7) is 0.771. The van der Waals surface area contributed by atoms with Crippen LogP contribution in [0.5, 0.6) is 0 Å². The van der Waals surface area contributed by atoms with Gasteiger partial charge in [-0.15, -0.1) is 0 Å². The summed E-state index contributed by atoms with van der Waals surface area (Å²) in [6, 6.07) is 25.3. The first kappa shape index (κ1) is 15.1. The summed E-state index contributed by atoms with van der Waals surface area (Å²) in [5.74, 6) is -0.122. The Morgan fingerprint density at radius 3 is 2.40 bits per heavy atom. The standard InChI is InChI=1S/C21H17N3O/c25-21(17-9-5-2-6-10-17)23-18-11-12-20-19(13-18)22-15-24(20)14-16-7-3-1-4-8-16/h1-13,15H,14H2,(H,23,25). The number of aromatic nitrogens is 2. The van der Waals surface area contributed by atoms with Crippen LogP contribution in [0.4, 0.5) is 5.69 Å². The van der Waals surface area contributed by atoms with Crippen molar-refractivity contribution in [3.8, 4) is 0 Å². The van der Waals surface area contributed by atoms with Crippen molar-refractivity contribution >= 4 is 22.6 Å². The maximum atomic E-state index is 12.3. The van der Waals surface area contributed by atoms with Gasteiger partial charge in [-0.1, -0.05) is 48.5 Å². The number of carbonyl (C=O) groups excluding carboxylic acids is 1. The van der Waals surface area contributed by atoms with Gasteiger partial charge in [0.2, 0.25) is 0 Å². The zero-order valence-corrected chi connectivity index (χ0v) is 13.6. The second kappa shape index (κ2) is 6.61. The fraction of sp³-hybridized carbons (Fsp3) is 0.0476. The molecule has 4 aromatic rings. The fourth-order valence-corrected chi connectivity index (χ4v) is 2.84. The number of anilines is 1. The molecule has 1 aromatic heterocycles. The third-order valence-electron chi connectivity index (χ3n) is 4.11. The van der Waals surface area contributed by atoms with Gasteiger partial charge in [0, 0.05) is 17.8 Å². The highest BCUT2D eigenvalue weighted by molar-refractivity contribution is 6.04. The first-order chi connectivity index (χ1) is 12.3. The quantitative estimate of drug-likeness (QED) is 0.606. The van der Waals surface area contributed by atoms with E-state index >= 15 is 0 Å². The summed E-state index contributed by atoms with van der Waals surface area (Å²) in [7, 11) is 0. The summed E-state index contributed by atoms with van der Waals surface area (Å²) in [4.78, 5) is 16.7. The number of imidazole rings is 1. The molecule has 3 aromatic carbocycles. The van der Waals surface area contributed by atoms with Crippen molar-refractivity contribution in [2.24, 2.45) is 0 Å². The molecule has 0 bridgehead atoms. The van der Waals surface area contributed by atoms with E-state index in [1.165, 1.54) is 5.56 Å². The van der Waals surface area contributed by atoms with E-state index in [2.05, 4.69) is 27.0 Å². The third kappa shape index (κ3) is 3.28. The van der Waals surface area contributed by atoms with Crippen molar-refractivity contribution < 1.29 is 4.79 Å². The first-order valence-corrected chi connectivity index (χ1v) is 8.15. The van der Waals surface area contributed by atoms with Gasteiger partial charge in [0.05, 0.1) is 17.4 Å². The fourth-order valence-electron chi connectivity index (χ4n) is 2.84. The summed E-state index contributed by atoms with van der Waals surface area (Å²) < 4.78 is 2.10. The van der Waals surface area contributed by atoms with Crippen molar-refractivity contribution in [1.82, 2.24) is 9.55 Å². The Balaban J connectivity index is 1.56. The van der Waals surface area contributed by atoms with Gasteiger partial charge in [0.25, 0.3) is 5.91 Å². The summed E-state index contributed by atoms with van der Waals surface area (Å²) in [6.07, 6.45) is 1.83. The van der Waals surface area contributed by atoms with Gasteiger partial charge >= 0.3 is 0 Å². The number of rotatable bonds is 4. The molecule has 25 heavy (non-hydrogen) atoms. The largest absolute Gasteiger partial charge is 0.326 e. The Kier molecular flexibility index (Phi) is 4.01. The third-order valence-corrected chi connectivity index (χ3v) is 4.11. The second-order valence-corrected chi connectivity index (χ2v) is 5.88. The van der Waals surface area contributed by atoms with Crippen molar-refractivity contribution in [2.75, 3.05) is 5.32 Å². The molecule has 0 spiro atoms. The number of nitrogens with zero attached hydrogens (tertiary/aromatic N) is 2. The molecular weight excluding hydrogens is 310 g/mol. The van der Waals surface area contributed by atoms with E-state index in [9.17, 15) is 4.79 Å². The second-order valence-electron chi connectivity index (χ2n) is 5.88. The number of amides is 1. The highest BCUT2D eigenvalue weighted by atomic mass is 16.1. The Hall–Kier alpha value is -3.40. The smallest absolute Gasteiger partial charge is 0.255 e. The summed E-state index contributed by atoms with van der Waals surface area (Å²) in [5.41, 5.74) is 4.51. The number of carbonyl (C=O) groups is 1. The molecule has 4 nitrogen and oxygen atoms in total. The van der Waals surface area contributed by atoms with Crippen molar-refractivity contribution in [3.63, 3.8) is 0 Å². The molecule has 0 aliphatic heterocycles. The van der Waals surface area contributed by atoms with Gasteiger partial charge in [-0.25, -0.2) is 4.98 Å². The van der Waals surface area contributed by atoms with E-state index in [4.69, 9.17) is 0 Å². The van der Waals surface area contributed by atoms with Crippen LogP contribution >= 0.6 is 0 Å². The minimum absolute atomic E-state index is 0.122. The van der Waals surface area contributed by atoms with E-state index < -0.39 is 0 Å². The molecule has 0 saturated carbocycles. The molecular formula is C21H17N3O. The molecule has 1 N–H and O–H groups in total. The van der Waals surface area contributed by atoms with Crippen LogP contribution in [-0.2, 0) is 6.54 Å². The zero-order valence-electron chi connectivity index (χ0n) is 13.6. The van der Waals surface area contributed by atoms with Crippen molar-refractivity contribution in [2.45, 2.75) is 6.54 Å². The highest BCUT2D eigenvalue weighted by Gasteiger charge is 2.08. The maximum Gasteiger partial charge on any atom is 0.255 e. The lowest BCUT2D eigenvalue weighted by molar-refractivity contribution is 0.102. The van der Waals surface area contributed by atoms with Gasteiger partial charge in [0.15, 0.2) is 0 Å². The summed E-state index contributed by atoms with van der Waals surface area (Å²) in [5, 5.41) is 2.92. The number of nitrogens with one attached hydrogen (secondary N) is 1. The minimum Gasteiger partial charge on any atom is -0.326 e. The minimum atomic E-state index is -0.122. The molecule has 1 heterocycles. The Morgan fingerprint density at radius 2 is 1.64 bits per heavy atom. The zero-order chi connectivity index (χ0) is 17.1. The van der Waals surface area contributed by atoms with Crippen LogP contribution in [0.2, 0.25) is 0 Å². The van der Waals surface area contributed by atoms with Gasteiger partial charge in [-0.3, -0.25) is 4.79 Å². The van der Waals surface area contributed by atoms with E-state index in [-0.39, 0.29) is 5.91 Å². The van der Waals surface area contributed by atoms with Crippen LogP contribution in [0, 0.1) is 0 Å². The lowest BCUT2D eigenvalue weighted by atomic mass is 10.2. The van der Waals surface area contributed by atoms with Gasteiger partial charge in [-0.05, 0) is 35.9 Å². The number of hydrogen-bond donors (Lipinski definition) is 1. The lowest BCUT2D eigenvalue weighted by Gasteiger charge is -2.07. The van der Waals surface area contributed by atoms with Crippen LogP contribution in [0.1, 0.15) is 15.9 Å². The van der Waals surface area contributed by atoms with E-state index in [0.29, 0.717) is 5.56 Å². The Labute approximate surface area is 145 Å². The average Bonchev–Trinajstić information content (AvgIpc) is 3.05. The Bertz CT molecular complexity index is 1010. The van der Waals surface area contributed by atoms with E-state index in [0.717, 1.165) is 23.3 Å². The molecule has 1 amide bonds. The first-order valence-electron chi connectivity index (χ1n) is 8.15. The number of fused-ring (bicyclic) bond motifs is 1. The average molecular weight is 327 g/mol. The molecule has 0 unspecified atom stereocenters. The maximum absolute atomic E-state index is 12.3. The number of benzene rings is 3. The van der Waals surface area contributed by atoms with Crippen molar-refractivity contribution in [3.05, 3.63) is 96.3 Å². The normalized spacial score (nSPS) is 10.7.